The van der Waals surface area contributed by atoms with E-state index < -0.39 is 0 Å². The Labute approximate surface area is 156 Å². The summed E-state index contributed by atoms with van der Waals surface area (Å²) < 4.78 is 10.7. The summed E-state index contributed by atoms with van der Waals surface area (Å²) >= 11 is 0. The first-order valence-electron chi connectivity index (χ1n) is 8.82. The maximum atomic E-state index is 5.44. The minimum atomic E-state index is 0.453. The molecular formula is C17H22N8O2. The van der Waals surface area contributed by atoms with Crippen LogP contribution in [0.15, 0.2) is 22.7 Å². The van der Waals surface area contributed by atoms with Crippen molar-refractivity contribution < 1.29 is 9.26 Å². The van der Waals surface area contributed by atoms with Gasteiger partial charge in [-0.15, -0.1) is 0 Å². The summed E-state index contributed by atoms with van der Waals surface area (Å²) in [6, 6.07) is 5.71. The van der Waals surface area contributed by atoms with E-state index in [4.69, 9.17) is 9.26 Å². The molecule has 0 bridgehead atoms. The normalized spacial score (nSPS) is 14.4. The summed E-state index contributed by atoms with van der Waals surface area (Å²) in [7, 11) is 0. The number of ether oxygens (including phenoxy) is 1. The lowest BCUT2D eigenvalue weighted by atomic mass is 10.3. The third kappa shape index (κ3) is 4.34. The van der Waals surface area contributed by atoms with E-state index in [1.54, 1.807) is 0 Å². The highest BCUT2D eigenvalue weighted by atomic mass is 16.5. The molecule has 1 fully saturated rings. The fourth-order valence-electron chi connectivity index (χ4n) is 2.81. The molecule has 0 unspecified atom stereocenters. The van der Waals surface area contributed by atoms with Crippen molar-refractivity contribution in [1.82, 2.24) is 25.3 Å². The van der Waals surface area contributed by atoms with Crippen molar-refractivity contribution >= 4 is 23.4 Å². The molecule has 10 nitrogen and oxygen atoms in total. The van der Waals surface area contributed by atoms with Crippen molar-refractivity contribution in [3.63, 3.8) is 0 Å². The zero-order chi connectivity index (χ0) is 18.6. The molecule has 4 rings (SSSR count). The van der Waals surface area contributed by atoms with E-state index >= 15 is 0 Å². The molecule has 4 heterocycles. The van der Waals surface area contributed by atoms with E-state index in [2.05, 4.69) is 40.9 Å². The number of H-pyrrole nitrogens is 1. The second-order valence-corrected chi connectivity index (χ2v) is 6.38. The number of anilines is 4. The molecule has 1 saturated heterocycles. The molecule has 1 aliphatic heterocycles. The standard InChI is InChI=1S/C17H22N8O2/c1-11-8-15(23-22-11)19-14-9-16(25-3-5-26-6-4-25)21-17(20-14)18-10-13-7-12(2)24-27-13/h7-9H,3-6,10H2,1-2H3,(H3,18,19,20,21,22,23). The van der Waals surface area contributed by atoms with Crippen LogP contribution in [0.4, 0.5) is 23.4 Å². The number of nitrogens with zero attached hydrogens (tertiary/aromatic N) is 5. The Morgan fingerprint density at radius 2 is 1.96 bits per heavy atom. The molecule has 0 aliphatic carbocycles. The van der Waals surface area contributed by atoms with Crippen molar-refractivity contribution in [2.45, 2.75) is 20.4 Å². The lowest BCUT2D eigenvalue weighted by Crippen LogP contribution is -2.37. The number of nitrogens with one attached hydrogen (secondary N) is 3. The SMILES string of the molecule is Cc1cc(CNc2nc(Nc3cc(C)[nH]n3)cc(N3CCOCC3)n2)on1. The van der Waals surface area contributed by atoms with Crippen LogP contribution in [0.2, 0.25) is 0 Å². The number of hydrogen-bond donors (Lipinski definition) is 3. The molecule has 0 aromatic carbocycles. The van der Waals surface area contributed by atoms with E-state index in [9.17, 15) is 0 Å². The maximum absolute atomic E-state index is 5.44. The van der Waals surface area contributed by atoms with Gasteiger partial charge in [-0.25, -0.2) is 0 Å². The van der Waals surface area contributed by atoms with Crippen LogP contribution in [0.3, 0.4) is 0 Å². The molecule has 3 N–H and O–H groups in total. The molecule has 0 amide bonds. The molecule has 3 aromatic rings. The van der Waals surface area contributed by atoms with Gasteiger partial charge in [-0.3, -0.25) is 5.10 Å². The number of aryl methyl sites for hydroxylation is 2. The Morgan fingerprint density at radius 3 is 2.67 bits per heavy atom. The summed E-state index contributed by atoms with van der Waals surface area (Å²) in [6.45, 7) is 7.24. The summed E-state index contributed by atoms with van der Waals surface area (Å²) in [5, 5.41) is 17.4. The molecule has 0 saturated carbocycles. The Bertz CT molecular complexity index is 900. The van der Waals surface area contributed by atoms with Crippen LogP contribution in [-0.4, -0.2) is 51.6 Å². The van der Waals surface area contributed by atoms with Crippen molar-refractivity contribution in [3.05, 3.63) is 35.3 Å². The molecule has 0 atom stereocenters. The number of rotatable bonds is 6. The van der Waals surface area contributed by atoms with Crippen molar-refractivity contribution in [1.29, 1.82) is 0 Å². The van der Waals surface area contributed by atoms with Crippen LogP contribution in [0, 0.1) is 13.8 Å². The molecule has 3 aromatic heterocycles. The first-order valence-corrected chi connectivity index (χ1v) is 8.82. The molecule has 0 radical (unpaired) electrons. The average Bonchev–Trinajstić information content (AvgIpc) is 3.28. The van der Waals surface area contributed by atoms with E-state index in [-0.39, 0.29) is 0 Å². The summed E-state index contributed by atoms with van der Waals surface area (Å²) in [5.74, 6) is 3.43. The summed E-state index contributed by atoms with van der Waals surface area (Å²) in [5.41, 5.74) is 1.81. The van der Waals surface area contributed by atoms with E-state index in [0.717, 1.165) is 36.1 Å². The number of morpholine rings is 1. The smallest absolute Gasteiger partial charge is 0.227 e. The quantitative estimate of drug-likeness (QED) is 0.599. The Morgan fingerprint density at radius 1 is 1.11 bits per heavy atom. The third-order valence-electron chi connectivity index (χ3n) is 4.11. The van der Waals surface area contributed by atoms with Crippen LogP contribution in [0.5, 0.6) is 0 Å². The Balaban J connectivity index is 1.56. The van der Waals surface area contributed by atoms with Gasteiger partial charge in [-0.05, 0) is 13.8 Å². The van der Waals surface area contributed by atoms with Crippen molar-refractivity contribution in [3.8, 4) is 0 Å². The highest BCUT2D eigenvalue weighted by Crippen LogP contribution is 2.22. The predicted molar refractivity (Wildman–Crippen MR) is 100 cm³/mol. The van der Waals surface area contributed by atoms with Gasteiger partial charge in [-0.2, -0.15) is 15.1 Å². The monoisotopic (exact) mass is 370 g/mol. The number of hydrogen-bond acceptors (Lipinski definition) is 9. The third-order valence-corrected chi connectivity index (χ3v) is 4.11. The summed E-state index contributed by atoms with van der Waals surface area (Å²) in [6.07, 6.45) is 0. The topological polar surface area (TPSA) is 117 Å². The van der Waals surface area contributed by atoms with Gasteiger partial charge in [0, 0.05) is 37.0 Å². The highest BCUT2D eigenvalue weighted by molar-refractivity contribution is 5.59. The van der Waals surface area contributed by atoms with E-state index in [1.807, 2.05) is 32.0 Å². The van der Waals surface area contributed by atoms with Gasteiger partial charge in [0.1, 0.15) is 11.6 Å². The molecular weight excluding hydrogens is 348 g/mol. The van der Waals surface area contributed by atoms with Gasteiger partial charge >= 0.3 is 0 Å². The minimum absolute atomic E-state index is 0.453. The largest absolute Gasteiger partial charge is 0.378 e. The van der Waals surface area contributed by atoms with Crippen LogP contribution in [0.1, 0.15) is 17.1 Å². The maximum Gasteiger partial charge on any atom is 0.227 e. The van der Waals surface area contributed by atoms with E-state index in [0.29, 0.717) is 37.3 Å². The van der Waals surface area contributed by atoms with Crippen molar-refractivity contribution in [2.75, 3.05) is 41.8 Å². The second kappa shape index (κ2) is 7.62. The lowest BCUT2D eigenvalue weighted by Gasteiger charge is -2.28. The molecule has 0 spiro atoms. The Kier molecular flexibility index (Phi) is 4.88. The van der Waals surface area contributed by atoms with Crippen LogP contribution in [0.25, 0.3) is 0 Å². The number of aromatic nitrogens is 5. The molecule has 1 aliphatic rings. The van der Waals surface area contributed by atoms with Crippen molar-refractivity contribution in [2.24, 2.45) is 0 Å². The lowest BCUT2D eigenvalue weighted by molar-refractivity contribution is 0.122. The van der Waals surface area contributed by atoms with Gasteiger partial charge in [0.05, 0.1) is 25.5 Å². The zero-order valence-electron chi connectivity index (χ0n) is 15.3. The van der Waals surface area contributed by atoms with Gasteiger partial charge in [0.2, 0.25) is 5.95 Å². The summed E-state index contributed by atoms with van der Waals surface area (Å²) in [4.78, 5) is 11.4. The number of aromatic amines is 1. The fourth-order valence-corrected chi connectivity index (χ4v) is 2.81. The predicted octanol–water partition coefficient (Wildman–Crippen LogP) is 2.00. The molecule has 142 valence electrons. The molecule has 27 heavy (non-hydrogen) atoms. The first-order chi connectivity index (χ1) is 13.2. The zero-order valence-corrected chi connectivity index (χ0v) is 15.3. The van der Waals surface area contributed by atoms with Gasteiger partial charge in [0.25, 0.3) is 0 Å². The Hall–Kier alpha value is -3.14. The fraction of sp³-hybridized carbons (Fsp3) is 0.412. The van der Waals surface area contributed by atoms with Gasteiger partial charge in [0.15, 0.2) is 11.6 Å². The van der Waals surface area contributed by atoms with Crippen LogP contribution < -0.4 is 15.5 Å². The highest BCUT2D eigenvalue weighted by Gasteiger charge is 2.16. The average molecular weight is 370 g/mol. The minimum Gasteiger partial charge on any atom is -0.378 e. The van der Waals surface area contributed by atoms with Gasteiger partial charge < -0.3 is 24.8 Å². The van der Waals surface area contributed by atoms with Crippen LogP contribution in [-0.2, 0) is 11.3 Å². The second-order valence-electron chi connectivity index (χ2n) is 6.38. The van der Waals surface area contributed by atoms with Gasteiger partial charge in [-0.1, -0.05) is 5.16 Å². The molecule has 10 heteroatoms. The van der Waals surface area contributed by atoms with E-state index in [1.165, 1.54) is 0 Å². The van der Waals surface area contributed by atoms with Crippen LogP contribution >= 0.6 is 0 Å². The first kappa shape index (κ1) is 17.3.